The van der Waals surface area contributed by atoms with Crippen LogP contribution >= 0.6 is 0 Å². The van der Waals surface area contributed by atoms with Crippen molar-refractivity contribution in [3.05, 3.63) is 42.7 Å². The van der Waals surface area contributed by atoms with Crippen LogP contribution < -0.4 is 0 Å². The highest BCUT2D eigenvalue weighted by molar-refractivity contribution is 5.75. The van der Waals surface area contributed by atoms with E-state index in [1.807, 2.05) is 36.5 Å². The van der Waals surface area contributed by atoms with E-state index < -0.39 is 0 Å². The van der Waals surface area contributed by atoms with Crippen LogP contribution in [0.2, 0.25) is 0 Å². The minimum Gasteiger partial charge on any atom is -0.298 e. The molecule has 0 unspecified atom stereocenters. The lowest BCUT2D eigenvalue weighted by molar-refractivity contribution is -0.117. The van der Waals surface area contributed by atoms with Gasteiger partial charge in [0.15, 0.2) is 5.78 Å². The fraction of sp³-hybridized carbons (Fsp3) is 0.167. The molecule has 2 rings (SSSR count). The van der Waals surface area contributed by atoms with Crippen LogP contribution in [0.25, 0.3) is 11.1 Å². The number of Topliss-reactive ketones (excluding diaryl/α,β-unsaturated/α-hetero) is 1. The third-order valence-electron chi connectivity index (χ3n) is 2.13. The molecule has 76 valence electrons. The van der Waals surface area contributed by atoms with E-state index in [1.165, 1.54) is 0 Å². The van der Waals surface area contributed by atoms with Gasteiger partial charge in [0, 0.05) is 11.8 Å². The first-order valence-corrected chi connectivity index (χ1v) is 4.83. The molecular weight excluding hydrogens is 188 g/mol. The van der Waals surface area contributed by atoms with E-state index >= 15 is 0 Å². The van der Waals surface area contributed by atoms with Gasteiger partial charge < -0.3 is 0 Å². The van der Waals surface area contributed by atoms with E-state index in [4.69, 9.17) is 0 Å². The number of carbonyl (C=O) groups excluding carboxylic acids is 1. The van der Waals surface area contributed by atoms with Crippen LogP contribution in [0.15, 0.2) is 42.7 Å². The average Bonchev–Trinajstić information content (AvgIpc) is 2.67. The molecule has 0 aliphatic rings. The summed E-state index contributed by atoms with van der Waals surface area (Å²) in [5.74, 6) is 0.109. The molecule has 0 amide bonds. The first kappa shape index (κ1) is 9.65. The summed E-state index contributed by atoms with van der Waals surface area (Å²) in [6.07, 6.45) is 3.66. The number of hydrogen-bond acceptors (Lipinski definition) is 2. The van der Waals surface area contributed by atoms with Crippen LogP contribution in [-0.4, -0.2) is 15.6 Å². The maximum absolute atomic E-state index is 10.9. The molecule has 0 N–H and O–H groups in total. The maximum atomic E-state index is 10.9. The third kappa shape index (κ3) is 2.31. The van der Waals surface area contributed by atoms with E-state index in [0.717, 1.165) is 11.1 Å². The second kappa shape index (κ2) is 4.09. The summed E-state index contributed by atoms with van der Waals surface area (Å²) in [5, 5.41) is 4.13. The first-order chi connectivity index (χ1) is 7.25. The Labute approximate surface area is 88.4 Å². The number of rotatable bonds is 3. The van der Waals surface area contributed by atoms with Crippen LogP contribution in [0, 0.1) is 0 Å². The Hall–Kier alpha value is -1.90. The van der Waals surface area contributed by atoms with Gasteiger partial charge in [-0.3, -0.25) is 9.48 Å². The van der Waals surface area contributed by atoms with Gasteiger partial charge in [0.2, 0.25) is 0 Å². The van der Waals surface area contributed by atoms with Crippen molar-refractivity contribution in [2.24, 2.45) is 0 Å². The number of nitrogens with zero attached hydrogens (tertiary/aromatic N) is 2. The molecular formula is C12H12N2O. The van der Waals surface area contributed by atoms with E-state index in [1.54, 1.807) is 17.8 Å². The topological polar surface area (TPSA) is 34.9 Å². The zero-order valence-corrected chi connectivity index (χ0v) is 8.55. The molecule has 1 aromatic heterocycles. The summed E-state index contributed by atoms with van der Waals surface area (Å²) in [6, 6.07) is 9.99. The van der Waals surface area contributed by atoms with Gasteiger partial charge in [-0.1, -0.05) is 30.3 Å². The zero-order valence-electron chi connectivity index (χ0n) is 8.55. The fourth-order valence-electron chi connectivity index (χ4n) is 1.46. The van der Waals surface area contributed by atoms with Crippen LogP contribution in [0.4, 0.5) is 0 Å². The highest BCUT2D eigenvalue weighted by Crippen LogP contribution is 2.17. The molecule has 0 radical (unpaired) electrons. The van der Waals surface area contributed by atoms with Crippen LogP contribution in [0.1, 0.15) is 6.92 Å². The molecule has 0 spiro atoms. The summed E-state index contributed by atoms with van der Waals surface area (Å²) in [7, 11) is 0. The highest BCUT2D eigenvalue weighted by Gasteiger charge is 2.02. The lowest BCUT2D eigenvalue weighted by atomic mass is 10.1. The van der Waals surface area contributed by atoms with Crippen molar-refractivity contribution < 1.29 is 4.79 Å². The van der Waals surface area contributed by atoms with Gasteiger partial charge in [-0.05, 0) is 12.5 Å². The maximum Gasteiger partial charge on any atom is 0.151 e. The molecule has 15 heavy (non-hydrogen) atoms. The standard InChI is InChI=1S/C12H12N2O/c1-10(15)8-14-9-12(7-13-14)11-5-3-2-4-6-11/h2-7,9H,8H2,1H3. The van der Waals surface area contributed by atoms with Crippen LogP contribution in [0.5, 0.6) is 0 Å². The number of benzene rings is 1. The smallest absolute Gasteiger partial charge is 0.151 e. The highest BCUT2D eigenvalue weighted by atomic mass is 16.1. The van der Waals surface area contributed by atoms with Gasteiger partial charge in [-0.25, -0.2) is 0 Å². The third-order valence-corrected chi connectivity index (χ3v) is 2.13. The number of aromatic nitrogens is 2. The molecule has 0 saturated carbocycles. The predicted molar refractivity (Wildman–Crippen MR) is 58.3 cm³/mol. The molecule has 3 heteroatoms. The van der Waals surface area contributed by atoms with Gasteiger partial charge in [0.1, 0.15) is 0 Å². The normalized spacial score (nSPS) is 10.2. The predicted octanol–water partition coefficient (Wildman–Crippen LogP) is 2.14. The quantitative estimate of drug-likeness (QED) is 0.760. The largest absolute Gasteiger partial charge is 0.298 e. The summed E-state index contributed by atoms with van der Waals surface area (Å²) >= 11 is 0. The van der Waals surface area contributed by atoms with E-state index in [0.29, 0.717) is 6.54 Å². The average molecular weight is 200 g/mol. The minimum atomic E-state index is 0.109. The number of ketones is 1. The van der Waals surface area contributed by atoms with Gasteiger partial charge in [0.05, 0.1) is 12.7 Å². The van der Waals surface area contributed by atoms with Crippen molar-refractivity contribution >= 4 is 5.78 Å². The fourth-order valence-corrected chi connectivity index (χ4v) is 1.46. The van der Waals surface area contributed by atoms with Crippen molar-refractivity contribution in [1.82, 2.24) is 9.78 Å². The summed E-state index contributed by atoms with van der Waals surface area (Å²) in [4.78, 5) is 10.9. The molecule has 0 fully saturated rings. The van der Waals surface area contributed by atoms with Crippen LogP contribution in [-0.2, 0) is 11.3 Å². The zero-order chi connectivity index (χ0) is 10.7. The number of hydrogen-bond donors (Lipinski definition) is 0. The Kier molecular flexibility index (Phi) is 2.63. The van der Waals surface area contributed by atoms with E-state index in [9.17, 15) is 4.79 Å². The lowest BCUT2D eigenvalue weighted by Crippen LogP contribution is -2.05. The van der Waals surface area contributed by atoms with Crippen molar-refractivity contribution in [2.45, 2.75) is 13.5 Å². The lowest BCUT2D eigenvalue weighted by Gasteiger charge is -1.96. The number of carbonyl (C=O) groups is 1. The van der Waals surface area contributed by atoms with Crippen molar-refractivity contribution in [2.75, 3.05) is 0 Å². The van der Waals surface area contributed by atoms with E-state index in [-0.39, 0.29) is 5.78 Å². The Morgan fingerprint density at radius 3 is 2.67 bits per heavy atom. The first-order valence-electron chi connectivity index (χ1n) is 4.83. The van der Waals surface area contributed by atoms with Gasteiger partial charge in [-0.2, -0.15) is 5.10 Å². The molecule has 0 bridgehead atoms. The minimum absolute atomic E-state index is 0.109. The van der Waals surface area contributed by atoms with Gasteiger partial charge >= 0.3 is 0 Å². The van der Waals surface area contributed by atoms with Gasteiger partial charge in [0.25, 0.3) is 0 Å². The van der Waals surface area contributed by atoms with Crippen molar-refractivity contribution in [3.8, 4) is 11.1 Å². The Balaban J connectivity index is 2.24. The molecule has 0 saturated heterocycles. The molecule has 2 aromatic rings. The van der Waals surface area contributed by atoms with Crippen LogP contribution in [0.3, 0.4) is 0 Å². The van der Waals surface area contributed by atoms with Crippen molar-refractivity contribution in [1.29, 1.82) is 0 Å². The second-order valence-electron chi connectivity index (χ2n) is 3.49. The Bertz CT molecular complexity index is 459. The molecule has 0 aliphatic heterocycles. The molecule has 0 atom stereocenters. The summed E-state index contributed by atoms with van der Waals surface area (Å²) in [6.45, 7) is 1.90. The van der Waals surface area contributed by atoms with Crippen molar-refractivity contribution in [3.63, 3.8) is 0 Å². The second-order valence-corrected chi connectivity index (χ2v) is 3.49. The van der Waals surface area contributed by atoms with Gasteiger partial charge in [-0.15, -0.1) is 0 Å². The summed E-state index contributed by atoms with van der Waals surface area (Å²) in [5.41, 5.74) is 2.16. The Morgan fingerprint density at radius 1 is 1.27 bits per heavy atom. The molecule has 3 nitrogen and oxygen atoms in total. The molecule has 1 aromatic carbocycles. The van der Waals surface area contributed by atoms with E-state index in [2.05, 4.69) is 5.10 Å². The Morgan fingerprint density at radius 2 is 2.00 bits per heavy atom. The summed E-state index contributed by atoms with van der Waals surface area (Å²) < 4.78 is 1.66. The molecule has 0 aliphatic carbocycles. The monoisotopic (exact) mass is 200 g/mol. The molecule has 1 heterocycles. The SMILES string of the molecule is CC(=O)Cn1cc(-c2ccccc2)cn1.